The number of carbonyl (C=O) groups excluding carboxylic acids is 2. The number of likely N-dealkylation sites (N-methyl/N-ethyl adjacent to an activating group) is 1. The van der Waals surface area contributed by atoms with E-state index < -0.39 is 11.6 Å². The van der Waals surface area contributed by atoms with Gasteiger partial charge in [-0.3, -0.25) is 14.2 Å². The first kappa shape index (κ1) is 22.7. The number of piperidine rings is 1. The smallest absolute Gasteiger partial charge is 0.408 e. The van der Waals surface area contributed by atoms with Gasteiger partial charge in [-0.25, -0.2) is 9.18 Å². The van der Waals surface area contributed by atoms with Crippen LogP contribution in [0.4, 0.5) is 10.1 Å². The zero-order valence-electron chi connectivity index (χ0n) is 18.7. The van der Waals surface area contributed by atoms with Crippen molar-refractivity contribution in [3.05, 3.63) is 64.4 Å². The minimum atomic E-state index is -0.433. The quantitative estimate of drug-likeness (QED) is 0.619. The van der Waals surface area contributed by atoms with Crippen LogP contribution in [0.15, 0.2) is 51.7 Å². The molecule has 33 heavy (non-hydrogen) atoms. The van der Waals surface area contributed by atoms with Crippen LogP contribution in [0.5, 0.6) is 0 Å². The maximum absolute atomic E-state index is 13.2. The standard InChI is InChI=1S/C24H27FN4O4/c1-27(2)12-13-29-20-14-19(9-10-21(20)33-24(29)32)26-22(30)17-4-3-11-28(15-17)23(31)16-5-7-18(25)8-6-16/h5-10,14,17H,3-4,11-13,15H2,1-2H3,(H,26,30). The molecule has 1 unspecified atom stereocenters. The fourth-order valence-electron chi connectivity index (χ4n) is 4.05. The predicted molar refractivity (Wildman–Crippen MR) is 123 cm³/mol. The molecule has 2 amide bonds. The van der Waals surface area contributed by atoms with Gasteiger partial charge >= 0.3 is 5.76 Å². The number of nitrogens with zero attached hydrogens (tertiary/aromatic N) is 3. The van der Waals surface area contributed by atoms with Crippen LogP contribution in [0.1, 0.15) is 23.2 Å². The third-order valence-electron chi connectivity index (χ3n) is 5.88. The van der Waals surface area contributed by atoms with Crippen molar-refractivity contribution < 1.29 is 18.4 Å². The molecular weight excluding hydrogens is 427 g/mol. The molecule has 1 aromatic heterocycles. The van der Waals surface area contributed by atoms with Gasteiger partial charge in [-0.05, 0) is 69.4 Å². The third-order valence-corrected chi connectivity index (χ3v) is 5.88. The van der Waals surface area contributed by atoms with Gasteiger partial charge in [-0.1, -0.05) is 0 Å². The first-order valence-electron chi connectivity index (χ1n) is 11.0. The first-order chi connectivity index (χ1) is 15.8. The minimum absolute atomic E-state index is 0.184. The normalized spacial score (nSPS) is 16.4. The highest BCUT2D eigenvalue weighted by molar-refractivity contribution is 5.97. The van der Waals surface area contributed by atoms with Crippen molar-refractivity contribution in [1.82, 2.24) is 14.4 Å². The Morgan fingerprint density at radius 1 is 1.18 bits per heavy atom. The maximum Gasteiger partial charge on any atom is 0.419 e. The highest BCUT2D eigenvalue weighted by Gasteiger charge is 2.29. The van der Waals surface area contributed by atoms with Gasteiger partial charge in [0.15, 0.2) is 5.58 Å². The van der Waals surface area contributed by atoms with Gasteiger partial charge in [0.05, 0.1) is 11.4 Å². The predicted octanol–water partition coefficient (Wildman–Crippen LogP) is 2.79. The summed E-state index contributed by atoms with van der Waals surface area (Å²) < 4.78 is 20.0. The Kier molecular flexibility index (Phi) is 6.60. The van der Waals surface area contributed by atoms with Crippen LogP contribution < -0.4 is 11.1 Å². The second-order valence-corrected chi connectivity index (χ2v) is 8.59. The highest BCUT2D eigenvalue weighted by Crippen LogP contribution is 2.23. The molecule has 1 saturated heterocycles. The SMILES string of the molecule is CN(C)CCn1c(=O)oc2ccc(NC(=O)C3CCCN(C(=O)c4ccc(F)cc4)C3)cc21. The molecule has 1 atom stereocenters. The Balaban J connectivity index is 1.46. The van der Waals surface area contributed by atoms with Gasteiger partial charge in [-0.2, -0.15) is 0 Å². The number of amides is 2. The van der Waals surface area contributed by atoms with Crippen LogP contribution >= 0.6 is 0 Å². The Morgan fingerprint density at radius 2 is 1.94 bits per heavy atom. The number of hydrogen-bond donors (Lipinski definition) is 1. The average Bonchev–Trinajstić information content (AvgIpc) is 3.12. The number of nitrogens with one attached hydrogen (secondary N) is 1. The minimum Gasteiger partial charge on any atom is -0.408 e. The zero-order chi connectivity index (χ0) is 23.5. The number of fused-ring (bicyclic) bond motifs is 1. The summed E-state index contributed by atoms with van der Waals surface area (Å²) in [5, 5.41) is 2.92. The van der Waals surface area contributed by atoms with E-state index in [-0.39, 0.29) is 17.7 Å². The molecule has 0 saturated carbocycles. The fraction of sp³-hybridized carbons (Fsp3) is 0.375. The lowest BCUT2D eigenvalue weighted by Crippen LogP contribution is -2.43. The molecule has 4 rings (SSSR count). The molecule has 2 heterocycles. The molecule has 0 spiro atoms. The van der Waals surface area contributed by atoms with Crippen molar-refractivity contribution in [1.29, 1.82) is 0 Å². The Morgan fingerprint density at radius 3 is 2.67 bits per heavy atom. The monoisotopic (exact) mass is 454 g/mol. The van der Waals surface area contributed by atoms with E-state index in [1.54, 1.807) is 27.7 Å². The third kappa shape index (κ3) is 5.14. The van der Waals surface area contributed by atoms with Gasteiger partial charge in [0.25, 0.3) is 5.91 Å². The van der Waals surface area contributed by atoms with Gasteiger partial charge in [-0.15, -0.1) is 0 Å². The van der Waals surface area contributed by atoms with Crippen LogP contribution in [0.25, 0.3) is 11.1 Å². The van der Waals surface area contributed by atoms with E-state index in [0.717, 1.165) is 0 Å². The van der Waals surface area contributed by atoms with Crippen LogP contribution in [0.2, 0.25) is 0 Å². The van der Waals surface area contributed by atoms with Crippen molar-refractivity contribution in [2.24, 2.45) is 5.92 Å². The lowest BCUT2D eigenvalue weighted by Gasteiger charge is -2.32. The van der Waals surface area contributed by atoms with E-state index in [1.165, 1.54) is 24.3 Å². The van der Waals surface area contributed by atoms with Gasteiger partial charge in [0, 0.05) is 37.4 Å². The van der Waals surface area contributed by atoms with Gasteiger partial charge < -0.3 is 19.5 Å². The number of benzene rings is 2. The molecule has 3 aromatic rings. The number of hydrogen-bond acceptors (Lipinski definition) is 5. The molecule has 8 nitrogen and oxygen atoms in total. The summed E-state index contributed by atoms with van der Waals surface area (Å²) >= 11 is 0. The van der Waals surface area contributed by atoms with E-state index in [4.69, 9.17) is 4.42 Å². The molecule has 0 aliphatic carbocycles. The number of aromatic nitrogens is 1. The summed E-state index contributed by atoms with van der Waals surface area (Å²) in [4.78, 5) is 41.5. The molecule has 174 valence electrons. The number of rotatable bonds is 6. The van der Waals surface area contributed by atoms with Crippen molar-refractivity contribution in [3.63, 3.8) is 0 Å². The van der Waals surface area contributed by atoms with Crippen LogP contribution in [0.3, 0.4) is 0 Å². The van der Waals surface area contributed by atoms with E-state index in [0.29, 0.717) is 61.4 Å². The number of halogens is 1. The maximum atomic E-state index is 13.2. The first-order valence-corrected chi connectivity index (χ1v) is 11.0. The van der Waals surface area contributed by atoms with Crippen molar-refractivity contribution in [3.8, 4) is 0 Å². The van der Waals surface area contributed by atoms with E-state index >= 15 is 0 Å². The number of oxazole rings is 1. The average molecular weight is 455 g/mol. The number of carbonyl (C=O) groups is 2. The molecule has 1 N–H and O–H groups in total. The van der Waals surface area contributed by atoms with E-state index in [1.807, 2.05) is 19.0 Å². The van der Waals surface area contributed by atoms with Crippen LogP contribution in [-0.2, 0) is 11.3 Å². The summed E-state index contributed by atoms with van der Waals surface area (Å²) in [6.07, 6.45) is 1.37. The molecule has 1 aliphatic heterocycles. The topological polar surface area (TPSA) is 87.8 Å². The summed E-state index contributed by atoms with van der Waals surface area (Å²) in [6, 6.07) is 10.5. The zero-order valence-corrected chi connectivity index (χ0v) is 18.7. The molecule has 1 aliphatic rings. The summed E-state index contributed by atoms with van der Waals surface area (Å²) in [5.74, 6) is -1.59. The Labute approximate surface area is 190 Å². The Bertz CT molecular complexity index is 1220. The van der Waals surface area contributed by atoms with Crippen LogP contribution in [-0.4, -0.2) is 59.9 Å². The van der Waals surface area contributed by atoms with Crippen molar-refractivity contribution in [2.45, 2.75) is 19.4 Å². The van der Waals surface area contributed by atoms with Gasteiger partial charge in [0.1, 0.15) is 5.82 Å². The van der Waals surface area contributed by atoms with E-state index in [2.05, 4.69) is 5.32 Å². The summed E-state index contributed by atoms with van der Waals surface area (Å²) in [7, 11) is 3.85. The lowest BCUT2D eigenvalue weighted by atomic mass is 9.96. The second kappa shape index (κ2) is 9.58. The lowest BCUT2D eigenvalue weighted by molar-refractivity contribution is -0.121. The Hall–Kier alpha value is -3.46. The molecule has 2 aromatic carbocycles. The van der Waals surface area contributed by atoms with Crippen LogP contribution in [0, 0.1) is 11.7 Å². The molecule has 0 bridgehead atoms. The summed E-state index contributed by atoms with van der Waals surface area (Å²) in [6.45, 7) is 1.99. The largest absolute Gasteiger partial charge is 0.419 e. The van der Waals surface area contributed by atoms with Crippen molar-refractivity contribution >= 4 is 28.6 Å². The highest BCUT2D eigenvalue weighted by atomic mass is 19.1. The molecule has 1 fully saturated rings. The number of likely N-dealkylation sites (tertiary alicyclic amines) is 1. The van der Waals surface area contributed by atoms with Gasteiger partial charge in [0.2, 0.25) is 5.91 Å². The second-order valence-electron chi connectivity index (χ2n) is 8.59. The molecular formula is C24H27FN4O4. The van der Waals surface area contributed by atoms with E-state index in [9.17, 15) is 18.8 Å². The van der Waals surface area contributed by atoms with Crippen molar-refractivity contribution in [2.75, 3.05) is 39.0 Å². The summed E-state index contributed by atoms with van der Waals surface area (Å²) in [5.41, 5.74) is 2.05. The fourth-order valence-corrected chi connectivity index (χ4v) is 4.05. The molecule has 0 radical (unpaired) electrons. The molecule has 9 heteroatoms. The number of anilines is 1.